The third-order valence-electron chi connectivity index (χ3n) is 6.08. The average Bonchev–Trinajstić information content (AvgIpc) is 3.48. The highest BCUT2D eigenvalue weighted by atomic mass is 35.5. The predicted octanol–water partition coefficient (Wildman–Crippen LogP) is 7.77. The Balaban J connectivity index is 1.48. The van der Waals surface area contributed by atoms with Crippen molar-refractivity contribution in [3.63, 3.8) is 0 Å². The number of thioether (sulfide) groups is 1. The number of hydrogen-bond acceptors (Lipinski definition) is 5. The minimum absolute atomic E-state index is 0.0492. The van der Waals surface area contributed by atoms with E-state index < -0.39 is 0 Å². The molecule has 38 heavy (non-hydrogen) atoms. The van der Waals surface area contributed by atoms with Crippen LogP contribution in [0, 0.1) is 0 Å². The Labute approximate surface area is 237 Å². The number of halogens is 1. The lowest BCUT2D eigenvalue weighted by molar-refractivity contribution is -0.122. The molecule has 0 atom stereocenters. The fourth-order valence-electron chi connectivity index (χ4n) is 4.06. The number of amides is 1. The van der Waals surface area contributed by atoms with Crippen LogP contribution in [0.15, 0.2) is 90.0 Å². The summed E-state index contributed by atoms with van der Waals surface area (Å²) in [5, 5.41) is 5.60. The van der Waals surface area contributed by atoms with Gasteiger partial charge in [-0.15, -0.1) is 0 Å². The van der Waals surface area contributed by atoms with E-state index in [1.807, 2.05) is 95.8 Å². The maximum atomic E-state index is 13.1. The molecule has 1 saturated heterocycles. The van der Waals surface area contributed by atoms with Crippen molar-refractivity contribution < 1.29 is 9.53 Å². The van der Waals surface area contributed by atoms with E-state index in [1.54, 1.807) is 4.90 Å². The van der Waals surface area contributed by atoms with Gasteiger partial charge in [0, 0.05) is 28.9 Å². The zero-order chi connectivity index (χ0) is 26.5. The molecule has 4 aromatic rings. The van der Waals surface area contributed by atoms with Crippen molar-refractivity contribution in [2.24, 2.45) is 0 Å². The second-order valence-electron chi connectivity index (χ2n) is 8.84. The number of benzene rings is 3. The first-order valence-corrected chi connectivity index (χ1v) is 14.0. The van der Waals surface area contributed by atoms with Gasteiger partial charge in [-0.1, -0.05) is 91.4 Å². The van der Waals surface area contributed by atoms with E-state index in [-0.39, 0.29) is 5.91 Å². The molecule has 1 aromatic heterocycles. The first-order chi connectivity index (χ1) is 18.5. The van der Waals surface area contributed by atoms with Crippen molar-refractivity contribution in [1.29, 1.82) is 0 Å². The van der Waals surface area contributed by atoms with Crippen molar-refractivity contribution in [3.05, 3.63) is 106 Å². The van der Waals surface area contributed by atoms with Crippen LogP contribution < -0.4 is 4.74 Å². The van der Waals surface area contributed by atoms with E-state index in [9.17, 15) is 4.79 Å². The smallest absolute Gasteiger partial charge is 0.266 e. The molecule has 3 aromatic carbocycles. The summed E-state index contributed by atoms with van der Waals surface area (Å²) in [6.07, 6.45) is 5.76. The summed E-state index contributed by atoms with van der Waals surface area (Å²) in [4.78, 5) is 15.4. The second-order valence-corrected chi connectivity index (χ2v) is 11.0. The molecule has 2 heterocycles. The highest BCUT2D eigenvalue weighted by molar-refractivity contribution is 8.26. The topological polar surface area (TPSA) is 47.4 Å². The Hall–Kier alpha value is -3.39. The molecule has 1 aliphatic rings. The Morgan fingerprint density at radius 2 is 1.84 bits per heavy atom. The first-order valence-electron chi connectivity index (χ1n) is 12.4. The third kappa shape index (κ3) is 6.01. The number of para-hydroxylation sites is 1. The quantitative estimate of drug-likeness (QED) is 0.155. The Morgan fingerprint density at radius 1 is 1.05 bits per heavy atom. The van der Waals surface area contributed by atoms with Crippen LogP contribution in [0.5, 0.6) is 5.75 Å². The van der Waals surface area contributed by atoms with E-state index in [0.29, 0.717) is 27.4 Å². The number of thiocarbonyl (C=S) groups is 1. The fraction of sp³-hybridized carbons (Fsp3) is 0.167. The molecule has 1 fully saturated rings. The van der Waals surface area contributed by atoms with Crippen LogP contribution in [0.3, 0.4) is 0 Å². The number of nitrogens with zero attached hydrogens (tertiary/aromatic N) is 3. The maximum Gasteiger partial charge on any atom is 0.266 e. The summed E-state index contributed by atoms with van der Waals surface area (Å²) in [5.41, 5.74) is 4.43. The van der Waals surface area contributed by atoms with Gasteiger partial charge in [-0.05, 0) is 54.5 Å². The van der Waals surface area contributed by atoms with Crippen molar-refractivity contribution in [2.45, 2.75) is 26.4 Å². The van der Waals surface area contributed by atoms with Crippen molar-refractivity contribution in [3.8, 4) is 22.7 Å². The van der Waals surface area contributed by atoms with E-state index in [4.69, 9.17) is 33.7 Å². The molecular weight excluding hydrogens is 534 g/mol. The molecule has 1 aliphatic heterocycles. The number of rotatable bonds is 9. The molecule has 0 spiro atoms. The van der Waals surface area contributed by atoms with Crippen molar-refractivity contribution >= 4 is 51.9 Å². The molecular formula is C30H26ClN3O2S2. The highest BCUT2D eigenvalue weighted by Gasteiger charge is 2.32. The summed E-state index contributed by atoms with van der Waals surface area (Å²) in [5.74, 6) is 0.676. The van der Waals surface area contributed by atoms with Gasteiger partial charge in [0.2, 0.25) is 0 Å². The molecule has 0 N–H and O–H groups in total. The SMILES string of the molecule is CCCCN1C(=O)/C(=C/c2cn(-c3ccccc3)nc2-c2cccc(OCc3ccc(Cl)cc3)c2)SC1=S. The summed E-state index contributed by atoms with van der Waals surface area (Å²) in [6.45, 7) is 3.17. The molecule has 0 radical (unpaired) electrons. The summed E-state index contributed by atoms with van der Waals surface area (Å²) in [7, 11) is 0. The van der Waals surface area contributed by atoms with Gasteiger partial charge in [-0.2, -0.15) is 5.10 Å². The van der Waals surface area contributed by atoms with Gasteiger partial charge < -0.3 is 4.74 Å². The molecule has 5 nitrogen and oxygen atoms in total. The molecule has 1 amide bonds. The number of aromatic nitrogens is 2. The van der Waals surface area contributed by atoms with Gasteiger partial charge in [0.05, 0.1) is 10.6 Å². The maximum absolute atomic E-state index is 13.1. The van der Waals surface area contributed by atoms with E-state index in [1.165, 1.54) is 11.8 Å². The zero-order valence-electron chi connectivity index (χ0n) is 20.8. The predicted molar refractivity (Wildman–Crippen MR) is 160 cm³/mol. The number of ether oxygens (including phenoxy) is 1. The fourth-order valence-corrected chi connectivity index (χ4v) is 5.49. The normalized spacial score (nSPS) is 14.5. The highest BCUT2D eigenvalue weighted by Crippen LogP contribution is 2.35. The Morgan fingerprint density at radius 3 is 2.61 bits per heavy atom. The molecule has 0 aliphatic carbocycles. The lowest BCUT2D eigenvalue weighted by atomic mass is 10.1. The minimum Gasteiger partial charge on any atom is -0.489 e. The number of carbonyl (C=O) groups is 1. The number of hydrogen-bond donors (Lipinski definition) is 0. The van der Waals surface area contributed by atoms with Gasteiger partial charge in [0.1, 0.15) is 22.4 Å². The van der Waals surface area contributed by atoms with Crippen LogP contribution in [-0.2, 0) is 11.4 Å². The molecule has 8 heteroatoms. The second kappa shape index (κ2) is 12.0. The van der Waals surface area contributed by atoms with Crippen LogP contribution in [-0.4, -0.2) is 31.5 Å². The third-order valence-corrected chi connectivity index (χ3v) is 7.71. The van der Waals surface area contributed by atoms with Gasteiger partial charge in [-0.3, -0.25) is 9.69 Å². The average molecular weight is 560 g/mol. The Kier molecular flexibility index (Phi) is 8.27. The standard InChI is InChI=1S/C30H26ClN3O2S2/c1-2-3-16-33-29(35)27(38-30(33)37)18-23-19-34(25-9-5-4-6-10-25)32-28(23)22-8-7-11-26(17-22)36-20-21-12-14-24(31)15-13-21/h4-15,17-19H,2-3,16,20H2,1H3/b27-18-. The summed E-state index contributed by atoms with van der Waals surface area (Å²) in [6, 6.07) is 25.3. The largest absolute Gasteiger partial charge is 0.489 e. The molecule has 192 valence electrons. The lowest BCUT2D eigenvalue weighted by Crippen LogP contribution is -2.28. The number of unbranched alkanes of at least 4 members (excludes halogenated alkanes) is 1. The van der Waals surface area contributed by atoms with Gasteiger partial charge in [0.15, 0.2) is 0 Å². The monoisotopic (exact) mass is 559 g/mol. The van der Waals surface area contributed by atoms with Gasteiger partial charge in [0.25, 0.3) is 5.91 Å². The van der Waals surface area contributed by atoms with Gasteiger partial charge >= 0.3 is 0 Å². The van der Waals surface area contributed by atoms with Crippen LogP contribution in [0.4, 0.5) is 0 Å². The van der Waals surface area contributed by atoms with Crippen molar-refractivity contribution in [1.82, 2.24) is 14.7 Å². The molecule has 0 unspecified atom stereocenters. The van der Waals surface area contributed by atoms with Crippen LogP contribution in [0.25, 0.3) is 23.0 Å². The van der Waals surface area contributed by atoms with E-state index in [2.05, 4.69) is 6.92 Å². The summed E-state index contributed by atoms with van der Waals surface area (Å²) < 4.78 is 8.50. The van der Waals surface area contributed by atoms with Gasteiger partial charge in [-0.25, -0.2) is 4.68 Å². The Bertz CT molecular complexity index is 1480. The summed E-state index contributed by atoms with van der Waals surface area (Å²) >= 11 is 12.9. The van der Waals surface area contributed by atoms with Crippen LogP contribution >= 0.6 is 35.6 Å². The van der Waals surface area contributed by atoms with Crippen LogP contribution in [0.2, 0.25) is 5.02 Å². The molecule has 5 rings (SSSR count). The number of carbonyl (C=O) groups excluding carboxylic acids is 1. The molecule has 0 bridgehead atoms. The van der Waals surface area contributed by atoms with Crippen LogP contribution in [0.1, 0.15) is 30.9 Å². The van der Waals surface area contributed by atoms with Crippen molar-refractivity contribution in [2.75, 3.05) is 6.54 Å². The minimum atomic E-state index is -0.0492. The lowest BCUT2D eigenvalue weighted by Gasteiger charge is -2.13. The molecule has 0 saturated carbocycles. The first kappa shape index (κ1) is 26.2. The zero-order valence-corrected chi connectivity index (χ0v) is 23.2. The van der Waals surface area contributed by atoms with E-state index >= 15 is 0 Å². The van der Waals surface area contributed by atoms with E-state index in [0.717, 1.165) is 46.7 Å².